The van der Waals surface area contributed by atoms with Crippen LogP contribution in [0.5, 0.6) is 0 Å². The zero-order valence-corrected chi connectivity index (χ0v) is 19.7. The summed E-state index contributed by atoms with van der Waals surface area (Å²) in [4.78, 5) is 10.2. The molecule has 2 aromatic rings. The monoisotopic (exact) mass is 452 g/mol. The second kappa shape index (κ2) is 10.0. The van der Waals surface area contributed by atoms with Crippen molar-refractivity contribution in [2.45, 2.75) is 59.0 Å². The van der Waals surface area contributed by atoms with Crippen LogP contribution in [0.2, 0.25) is 0 Å². The van der Waals surface area contributed by atoms with Crippen LogP contribution in [-0.2, 0) is 29.5 Å². The van der Waals surface area contributed by atoms with Crippen LogP contribution < -0.4 is 4.90 Å². The second-order valence-electron chi connectivity index (χ2n) is 8.46. The van der Waals surface area contributed by atoms with Crippen LogP contribution in [0.4, 0.5) is 10.2 Å². The number of aryl methyl sites for hydroxylation is 3. The van der Waals surface area contributed by atoms with Gasteiger partial charge in [0.05, 0.1) is 29.9 Å². The first kappa shape index (κ1) is 23.6. The van der Waals surface area contributed by atoms with Crippen molar-refractivity contribution < 1.29 is 12.8 Å². The molecule has 0 N–H and O–H groups in total. The minimum absolute atomic E-state index is 0.291. The summed E-state index contributed by atoms with van der Waals surface area (Å²) in [5.41, 5.74) is 2.39. The van der Waals surface area contributed by atoms with Crippen molar-refractivity contribution in [2.24, 2.45) is 5.92 Å². The van der Waals surface area contributed by atoms with Gasteiger partial charge in [-0.25, -0.2) is 27.1 Å². The predicted octanol–water partition coefficient (Wildman–Crippen LogP) is 2.77. The average Bonchev–Trinajstić information content (AvgIpc) is 3.05. The third kappa shape index (κ3) is 6.00. The molecule has 31 heavy (non-hydrogen) atoms. The van der Waals surface area contributed by atoms with E-state index in [2.05, 4.69) is 22.0 Å². The number of rotatable bonds is 9. The van der Waals surface area contributed by atoms with Crippen LogP contribution in [0.15, 0.2) is 12.4 Å². The normalized spacial score (nSPS) is 16.0. The largest absolute Gasteiger partial charge is 0.351 e. The van der Waals surface area contributed by atoms with E-state index >= 15 is 4.39 Å². The number of aromatic nitrogens is 4. The lowest BCUT2D eigenvalue weighted by molar-refractivity contribution is 0.264. The summed E-state index contributed by atoms with van der Waals surface area (Å²) in [5.74, 6) is 0.288. The van der Waals surface area contributed by atoms with Crippen molar-refractivity contribution in [1.82, 2.24) is 24.1 Å². The Labute approximate surface area is 184 Å². The zero-order valence-electron chi connectivity index (χ0n) is 18.9. The van der Waals surface area contributed by atoms with E-state index in [1.807, 2.05) is 24.7 Å². The van der Waals surface area contributed by atoms with Crippen molar-refractivity contribution in [3.05, 3.63) is 35.3 Å². The molecular weight excluding hydrogens is 419 g/mol. The van der Waals surface area contributed by atoms with Gasteiger partial charge in [0.25, 0.3) is 0 Å². The predicted molar refractivity (Wildman–Crippen MR) is 119 cm³/mol. The van der Waals surface area contributed by atoms with Crippen LogP contribution in [0.1, 0.15) is 49.7 Å². The SMILES string of the molecule is CCCn1nc(C)cc1CN(C)c1ncnc(CCC2CCN(S(C)(=O)=O)CC2)c1F. The minimum Gasteiger partial charge on any atom is -0.351 e. The molecule has 0 spiro atoms. The molecule has 0 amide bonds. The Kier molecular flexibility index (Phi) is 7.64. The highest BCUT2D eigenvalue weighted by Crippen LogP contribution is 2.25. The maximum absolute atomic E-state index is 15.2. The maximum atomic E-state index is 15.2. The Bertz CT molecular complexity index is 986. The highest BCUT2D eigenvalue weighted by atomic mass is 32.2. The van der Waals surface area contributed by atoms with Crippen molar-refractivity contribution >= 4 is 15.8 Å². The fraction of sp³-hybridized carbons (Fsp3) is 0.667. The number of nitrogens with zero attached hydrogens (tertiary/aromatic N) is 6. The van der Waals surface area contributed by atoms with E-state index in [1.165, 1.54) is 16.9 Å². The average molecular weight is 453 g/mol. The van der Waals surface area contributed by atoms with Gasteiger partial charge in [0.1, 0.15) is 6.33 Å². The summed E-state index contributed by atoms with van der Waals surface area (Å²) < 4.78 is 42.0. The molecule has 0 radical (unpaired) electrons. The quantitative estimate of drug-likeness (QED) is 0.582. The van der Waals surface area contributed by atoms with E-state index in [4.69, 9.17) is 0 Å². The summed E-state index contributed by atoms with van der Waals surface area (Å²) in [5, 5.41) is 4.51. The van der Waals surface area contributed by atoms with Crippen molar-refractivity contribution in [3.63, 3.8) is 0 Å². The first-order chi connectivity index (χ1) is 14.7. The molecule has 3 rings (SSSR count). The van der Waals surface area contributed by atoms with Crippen LogP contribution in [0.25, 0.3) is 0 Å². The van der Waals surface area contributed by atoms with Gasteiger partial charge in [-0.15, -0.1) is 0 Å². The number of halogens is 1. The van der Waals surface area contributed by atoms with Gasteiger partial charge < -0.3 is 4.90 Å². The molecule has 3 heterocycles. The highest BCUT2D eigenvalue weighted by molar-refractivity contribution is 7.88. The number of hydrogen-bond acceptors (Lipinski definition) is 6. The Morgan fingerprint density at radius 2 is 1.97 bits per heavy atom. The van der Waals surface area contributed by atoms with Crippen LogP contribution in [0.3, 0.4) is 0 Å². The number of anilines is 1. The van der Waals surface area contributed by atoms with Gasteiger partial charge in [-0.1, -0.05) is 6.92 Å². The molecule has 172 valence electrons. The van der Waals surface area contributed by atoms with Gasteiger partial charge in [0.2, 0.25) is 10.0 Å². The first-order valence-corrected chi connectivity index (χ1v) is 12.7. The molecular formula is C21H33FN6O2S. The van der Waals surface area contributed by atoms with Gasteiger partial charge in [-0.3, -0.25) is 4.68 Å². The summed E-state index contributed by atoms with van der Waals surface area (Å²) >= 11 is 0. The zero-order chi connectivity index (χ0) is 22.6. The van der Waals surface area contributed by atoms with E-state index in [0.29, 0.717) is 43.5 Å². The first-order valence-electron chi connectivity index (χ1n) is 10.9. The van der Waals surface area contributed by atoms with E-state index < -0.39 is 10.0 Å². The second-order valence-corrected chi connectivity index (χ2v) is 10.4. The molecule has 0 saturated carbocycles. The van der Waals surface area contributed by atoms with Crippen molar-refractivity contribution in [1.29, 1.82) is 0 Å². The molecule has 0 aromatic carbocycles. The lowest BCUT2D eigenvalue weighted by atomic mass is 9.92. The smallest absolute Gasteiger partial charge is 0.211 e. The molecule has 0 unspecified atom stereocenters. The summed E-state index contributed by atoms with van der Waals surface area (Å²) in [7, 11) is -1.30. The number of sulfonamides is 1. The van der Waals surface area contributed by atoms with Crippen LogP contribution in [0, 0.1) is 18.7 Å². The number of piperidine rings is 1. The molecule has 0 atom stereocenters. The Balaban J connectivity index is 1.62. The van der Waals surface area contributed by atoms with Crippen LogP contribution >= 0.6 is 0 Å². The lowest BCUT2D eigenvalue weighted by Gasteiger charge is -2.30. The van der Waals surface area contributed by atoms with E-state index in [0.717, 1.165) is 43.6 Å². The van der Waals surface area contributed by atoms with Gasteiger partial charge in [0, 0.05) is 26.7 Å². The minimum atomic E-state index is -3.13. The molecule has 8 nitrogen and oxygen atoms in total. The third-order valence-electron chi connectivity index (χ3n) is 5.86. The Morgan fingerprint density at radius 1 is 1.26 bits per heavy atom. The molecule has 1 aliphatic heterocycles. The molecule has 2 aromatic heterocycles. The highest BCUT2D eigenvalue weighted by Gasteiger charge is 2.25. The molecule has 0 bridgehead atoms. The lowest BCUT2D eigenvalue weighted by Crippen LogP contribution is -2.37. The van der Waals surface area contributed by atoms with Crippen molar-refractivity contribution in [3.8, 4) is 0 Å². The topological polar surface area (TPSA) is 84.2 Å². The summed E-state index contributed by atoms with van der Waals surface area (Å²) in [6.45, 7) is 6.47. The van der Waals surface area contributed by atoms with Crippen molar-refractivity contribution in [2.75, 3.05) is 31.3 Å². The molecule has 1 aliphatic rings. The van der Waals surface area contributed by atoms with Crippen LogP contribution in [-0.4, -0.2) is 58.9 Å². The summed E-state index contributed by atoms with van der Waals surface area (Å²) in [6.07, 6.45) is 6.56. The fourth-order valence-corrected chi connectivity index (χ4v) is 5.03. The van der Waals surface area contributed by atoms with E-state index in [9.17, 15) is 8.42 Å². The third-order valence-corrected chi connectivity index (χ3v) is 7.16. The number of hydrogen-bond donors (Lipinski definition) is 0. The molecule has 0 aliphatic carbocycles. The van der Waals surface area contributed by atoms with Gasteiger partial charge in [-0.05, 0) is 51.0 Å². The molecule has 1 fully saturated rings. The molecule has 10 heteroatoms. The van der Waals surface area contributed by atoms with Gasteiger partial charge in [0.15, 0.2) is 11.6 Å². The van der Waals surface area contributed by atoms with Gasteiger partial charge in [-0.2, -0.15) is 5.10 Å². The van der Waals surface area contributed by atoms with Gasteiger partial charge >= 0.3 is 0 Å². The standard InChI is InChI=1S/C21H33FN6O2S/c1-5-10-28-18(13-16(2)25-28)14-26(3)21-20(22)19(23-15-24-21)7-6-17-8-11-27(12-9-17)31(4,29)30/h13,15,17H,5-12,14H2,1-4H3. The van der Waals surface area contributed by atoms with E-state index in [-0.39, 0.29) is 5.82 Å². The van der Waals surface area contributed by atoms with E-state index in [1.54, 1.807) is 4.90 Å². The summed E-state index contributed by atoms with van der Waals surface area (Å²) in [6, 6.07) is 2.02. The fourth-order valence-electron chi connectivity index (χ4n) is 4.16. The Morgan fingerprint density at radius 3 is 2.61 bits per heavy atom. The Hall–Kier alpha value is -2.07. The maximum Gasteiger partial charge on any atom is 0.211 e. The molecule has 1 saturated heterocycles.